The summed E-state index contributed by atoms with van der Waals surface area (Å²) in [6.07, 6.45) is 8.69. The monoisotopic (exact) mass is 347 g/mol. The first-order chi connectivity index (χ1) is 12.3. The van der Waals surface area contributed by atoms with Crippen molar-refractivity contribution in [2.24, 2.45) is 4.99 Å². The highest BCUT2D eigenvalue weighted by Crippen LogP contribution is 2.08. The van der Waals surface area contributed by atoms with Crippen LogP contribution >= 0.6 is 0 Å². The second-order valence-electron chi connectivity index (χ2n) is 6.36. The Kier molecular flexibility index (Phi) is 9.04. The van der Waals surface area contributed by atoms with E-state index in [4.69, 9.17) is 0 Å². The van der Waals surface area contributed by atoms with Gasteiger partial charge in [-0.2, -0.15) is 0 Å². The number of rotatable bonds is 9. The standard InChI is InChI=1S/C18H33N7/c1-3-4-5-6-8-20-17(19-2)21-11-12-24-13-15-25(16-14-24)18-22-9-7-10-23-18/h7,9-10H,3-6,8,11-16H2,1-2H3,(H2,19,20,21). The van der Waals surface area contributed by atoms with Crippen molar-refractivity contribution in [3.05, 3.63) is 18.5 Å². The molecule has 0 amide bonds. The summed E-state index contributed by atoms with van der Waals surface area (Å²) >= 11 is 0. The van der Waals surface area contributed by atoms with E-state index in [0.717, 1.165) is 57.7 Å². The van der Waals surface area contributed by atoms with Gasteiger partial charge < -0.3 is 15.5 Å². The number of hydrogen-bond donors (Lipinski definition) is 2. The molecule has 25 heavy (non-hydrogen) atoms. The zero-order valence-corrected chi connectivity index (χ0v) is 15.7. The van der Waals surface area contributed by atoms with Crippen LogP contribution in [0.15, 0.2) is 23.5 Å². The van der Waals surface area contributed by atoms with Gasteiger partial charge in [0.1, 0.15) is 0 Å². The molecule has 0 saturated carbocycles. The van der Waals surface area contributed by atoms with Crippen LogP contribution in [-0.4, -0.2) is 73.7 Å². The molecule has 0 aliphatic carbocycles. The Hall–Kier alpha value is -1.89. The topological polar surface area (TPSA) is 68.7 Å². The van der Waals surface area contributed by atoms with Gasteiger partial charge in [0.25, 0.3) is 0 Å². The van der Waals surface area contributed by atoms with Gasteiger partial charge in [0.2, 0.25) is 5.95 Å². The quantitative estimate of drug-likeness (QED) is 0.399. The third kappa shape index (κ3) is 7.25. The van der Waals surface area contributed by atoms with Crippen LogP contribution in [0.2, 0.25) is 0 Å². The summed E-state index contributed by atoms with van der Waals surface area (Å²) in [4.78, 5) is 17.7. The van der Waals surface area contributed by atoms with Crippen molar-refractivity contribution in [3.63, 3.8) is 0 Å². The first-order valence-corrected chi connectivity index (χ1v) is 9.52. The van der Waals surface area contributed by atoms with Crippen molar-refractivity contribution in [1.29, 1.82) is 0 Å². The van der Waals surface area contributed by atoms with Gasteiger partial charge in [0.05, 0.1) is 0 Å². The summed E-state index contributed by atoms with van der Waals surface area (Å²) in [6.45, 7) is 9.22. The Morgan fingerprint density at radius 1 is 1.04 bits per heavy atom. The molecule has 0 unspecified atom stereocenters. The molecule has 0 bridgehead atoms. The zero-order chi connectivity index (χ0) is 17.7. The molecular weight excluding hydrogens is 314 g/mol. The van der Waals surface area contributed by atoms with Gasteiger partial charge in [0.15, 0.2) is 5.96 Å². The van der Waals surface area contributed by atoms with E-state index >= 15 is 0 Å². The van der Waals surface area contributed by atoms with Gasteiger partial charge in [0, 0.05) is 65.3 Å². The number of piperazine rings is 1. The number of nitrogens with zero attached hydrogens (tertiary/aromatic N) is 5. The molecule has 1 aromatic rings. The van der Waals surface area contributed by atoms with Crippen LogP contribution in [0.5, 0.6) is 0 Å². The van der Waals surface area contributed by atoms with Gasteiger partial charge in [-0.3, -0.25) is 9.89 Å². The molecule has 7 nitrogen and oxygen atoms in total. The van der Waals surface area contributed by atoms with E-state index in [1.54, 1.807) is 12.4 Å². The van der Waals surface area contributed by atoms with Gasteiger partial charge in [-0.05, 0) is 12.5 Å². The van der Waals surface area contributed by atoms with Crippen molar-refractivity contribution >= 4 is 11.9 Å². The Morgan fingerprint density at radius 3 is 2.44 bits per heavy atom. The number of aliphatic imine (C=N–C) groups is 1. The fraction of sp³-hybridized carbons (Fsp3) is 0.722. The summed E-state index contributed by atoms with van der Waals surface area (Å²) in [7, 11) is 1.83. The van der Waals surface area contributed by atoms with E-state index in [1.165, 1.54) is 25.7 Å². The third-order valence-electron chi connectivity index (χ3n) is 4.47. The van der Waals surface area contributed by atoms with E-state index in [-0.39, 0.29) is 0 Å². The van der Waals surface area contributed by atoms with Crippen LogP contribution in [0.1, 0.15) is 32.6 Å². The Labute approximate surface area is 151 Å². The van der Waals surface area contributed by atoms with Crippen LogP contribution in [0.4, 0.5) is 5.95 Å². The highest BCUT2D eigenvalue weighted by molar-refractivity contribution is 5.79. The molecule has 2 heterocycles. The molecule has 2 N–H and O–H groups in total. The minimum absolute atomic E-state index is 0.841. The number of guanidine groups is 1. The Morgan fingerprint density at radius 2 is 1.76 bits per heavy atom. The zero-order valence-electron chi connectivity index (χ0n) is 15.7. The SMILES string of the molecule is CCCCCCNC(=NC)NCCN1CCN(c2ncccn2)CC1. The lowest BCUT2D eigenvalue weighted by molar-refractivity contribution is 0.260. The molecule has 0 aromatic carbocycles. The number of unbranched alkanes of at least 4 members (excludes halogenated alkanes) is 3. The molecule has 0 atom stereocenters. The van der Waals surface area contributed by atoms with Gasteiger partial charge in [-0.1, -0.05) is 26.2 Å². The van der Waals surface area contributed by atoms with Gasteiger partial charge in [-0.25, -0.2) is 9.97 Å². The smallest absolute Gasteiger partial charge is 0.225 e. The number of nitrogens with one attached hydrogen (secondary N) is 2. The Bertz CT molecular complexity index is 483. The van der Waals surface area contributed by atoms with Crippen molar-refractivity contribution < 1.29 is 0 Å². The van der Waals surface area contributed by atoms with Crippen molar-refractivity contribution in [3.8, 4) is 0 Å². The van der Waals surface area contributed by atoms with E-state index in [1.807, 2.05) is 13.1 Å². The van der Waals surface area contributed by atoms with Gasteiger partial charge in [-0.15, -0.1) is 0 Å². The maximum absolute atomic E-state index is 4.33. The molecular formula is C18H33N7. The molecule has 1 aliphatic rings. The van der Waals surface area contributed by atoms with Crippen LogP contribution < -0.4 is 15.5 Å². The highest BCUT2D eigenvalue weighted by atomic mass is 15.3. The van der Waals surface area contributed by atoms with Crippen LogP contribution in [0.25, 0.3) is 0 Å². The van der Waals surface area contributed by atoms with Crippen LogP contribution in [-0.2, 0) is 0 Å². The van der Waals surface area contributed by atoms with Crippen molar-refractivity contribution in [2.45, 2.75) is 32.6 Å². The average Bonchev–Trinajstić information content (AvgIpc) is 2.67. The maximum atomic E-state index is 4.33. The largest absolute Gasteiger partial charge is 0.356 e. The molecule has 1 fully saturated rings. The van der Waals surface area contributed by atoms with Crippen LogP contribution in [0.3, 0.4) is 0 Å². The predicted octanol–water partition coefficient (Wildman–Crippen LogP) is 1.34. The first kappa shape index (κ1) is 19.4. The third-order valence-corrected chi connectivity index (χ3v) is 4.47. The van der Waals surface area contributed by atoms with Crippen LogP contribution in [0, 0.1) is 0 Å². The molecule has 1 aromatic heterocycles. The maximum Gasteiger partial charge on any atom is 0.225 e. The molecule has 140 valence electrons. The number of hydrogen-bond acceptors (Lipinski definition) is 5. The number of anilines is 1. The fourth-order valence-electron chi connectivity index (χ4n) is 2.94. The van der Waals surface area contributed by atoms with E-state index in [9.17, 15) is 0 Å². The molecule has 1 saturated heterocycles. The summed E-state index contributed by atoms with van der Waals surface area (Å²) in [5.41, 5.74) is 0. The molecule has 1 aliphatic heterocycles. The molecule has 0 spiro atoms. The second kappa shape index (κ2) is 11.6. The fourth-order valence-corrected chi connectivity index (χ4v) is 2.94. The lowest BCUT2D eigenvalue weighted by atomic mass is 10.2. The van der Waals surface area contributed by atoms with E-state index in [0.29, 0.717) is 0 Å². The summed E-state index contributed by atoms with van der Waals surface area (Å²) in [5.74, 6) is 1.75. The van der Waals surface area contributed by atoms with Crippen molar-refractivity contribution in [1.82, 2.24) is 25.5 Å². The highest BCUT2D eigenvalue weighted by Gasteiger charge is 2.18. The lowest BCUT2D eigenvalue weighted by Crippen LogP contribution is -2.49. The minimum Gasteiger partial charge on any atom is -0.356 e. The van der Waals surface area contributed by atoms with E-state index < -0.39 is 0 Å². The normalized spacial score (nSPS) is 16.1. The lowest BCUT2D eigenvalue weighted by Gasteiger charge is -2.34. The molecule has 7 heteroatoms. The van der Waals surface area contributed by atoms with Crippen molar-refractivity contribution in [2.75, 3.05) is 57.8 Å². The molecule has 0 radical (unpaired) electrons. The first-order valence-electron chi connectivity index (χ1n) is 9.52. The Balaban J connectivity index is 1.57. The average molecular weight is 348 g/mol. The van der Waals surface area contributed by atoms with E-state index in [2.05, 4.69) is 42.3 Å². The summed E-state index contributed by atoms with van der Waals surface area (Å²) in [5, 5.41) is 6.80. The molecule has 2 rings (SSSR count). The predicted molar refractivity (Wildman–Crippen MR) is 104 cm³/mol. The summed E-state index contributed by atoms with van der Waals surface area (Å²) < 4.78 is 0. The minimum atomic E-state index is 0.841. The summed E-state index contributed by atoms with van der Waals surface area (Å²) in [6, 6.07) is 1.86. The second-order valence-corrected chi connectivity index (χ2v) is 6.36. The number of aromatic nitrogens is 2. The van der Waals surface area contributed by atoms with Gasteiger partial charge >= 0.3 is 0 Å².